The fourth-order valence-corrected chi connectivity index (χ4v) is 1.88. The lowest BCUT2D eigenvalue weighted by Gasteiger charge is -2.28. The standard InChI is InChI=1S/C13H17N3O3.2ClH/c1-2-5-12(13(17)18)19-16-11-8-14-15-10-7-4-3-6-9(10)11;;/h2-7,11-12,14-16H,8H2,1H3,(H,17,18);2*1H. The lowest BCUT2D eigenvalue weighted by atomic mass is 10.0. The Morgan fingerprint density at radius 2 is 2.19 bits per heavy atom. The van der Waals surface area contributed by atoms with Gasteiger partial charge in [-0.1, -0.05) is 24.3 Å². The van der Waals surface area contributed by atoms with Crippen LogP contribution in [0.4, 0.5) is 5.69 Å². The Hall–Kier alpha value is -1.31. The Balaban J connectivity index is 0.00000200. The molecule has 6 nitrogen and oxygen atoms in total. The van der Waals surface area contributed by atoms with E-state index in [-0.39, 0.29) is 30.9 Å². The molecule has 2 unspecified atom stereocenters. The van der Waals surface area contributed by atoms with Gasteiger partial charge in [-0.25, -0.2) is 10.2 Å². The van der Waals surface area contributed by atoms with Gasteiger partial charge in [0.15, 0.2) is 6.10 Å². The molecule has 1 aromatic rings. The molecule has 1 aromatic carbocycles. The number of rotatable bonds is 5. The van der Waals surface area contributed by atoms with Crippen molar-refractivity contribution in [3.63, 3.8) is 0 Å². The third-order valence-electron chi connectivity index (χ3n) is 2.81. The van der Waals surface area contributed by atoms with E-state index in [1.54, 1.807) is 13.0 Å². The highest BCUT2D eigenvalue weighted by Crippen LogP contribution is 2.24. The molecule has 0 radical (unpaired) electrons. The Kier molecular flexibility index (Phi) is 9.00. The maximum atomic E-state index is 11.0. The Bertz CT molecular complexity index is 485. The van der Waals surface area contributed by atoms with E-state index in [4.69, 9.17) is 9.94 Å². The molecule has 0 saturated heterocycles. The highest BCUT2D eigenvalue weighted by atomic mass is 35.5. The molecular weight excluding hydrogens is 317 g/mol. The number of fused-ring (bicyclic) bond motifs is 1. The van der Waals surface area contributed by atoms with Gasteiger partial charge in [-0.3, -0.25) is 4.84 Å². The van der Waals surface area contributed by atoms with Crippen LogP contribution in [0.15, 0.2) is 36.4 Å². The molecule has 2 atom stereocenters. The van der Waals surface area contributed by atoms with E-state index < -0.39 is 12.1 Å². The largest absolute Gasteiger partial charge is 0.479 e. The van der Waals surface area contributed by atoms with Crippen molar-refractivity contribution in [2.45, 2.75) is 19.1 Å². The average molecular weight is 336 g/mol. The summed E-state index contributed by atoms with van der Waals surface area (Å²) in [6.45, 7) is 2.35. The van der Waals surface area contributed by atoms with Crippen molar-refractivity contribution < 1.29 is 14.7 Å². The van der Waals surface area contributed by atoms with Crippen molar-refractivity contribution in [1.29, 1.82) is 0 Å². The molecule has 1 heterocycles. The van der Waals surface area contributed by atoms with E-state index in [1.165, 1.54) is 6.08 Å². The number of hydroxylamine groups is 1. The number of aliphatic carboxylic acids is 1. The summed E-state index contributed by atoms with van der Waals surface area (Å²) in [4.78, 5) is 16.2. The highest BCUT2D eigenvalue weighted by Gasteiger charge is 2.22. The number of hydrazine groups is 1. The molecule has 1 aliphatic rings. The SMILES string of the molecule is CC=CC(ONC1CNNc2ccccc21)C(=O)O.Cl.Cl. The van der Waals surface area contributed by atoms with Gasteiger partial charge in [0.25, 0.3) is 0 Å². The van der Waals surface area contributed by atoms with Gasteiger partial charge < -0.3 is 10.5 Å². The first-order chi connectivity index (χ1) is 9.22. The van der Waals surface area contributed by atoms with Crippen molar-refractivity contribution in [2.75, 3.05) is 12.0 Å². The van der Waals surface area contributed by atoms with Gasteiger partial charge in [-0.2, -0.15) is 5.48 Å². The Morgan fingerprint density at radius 3 is 2.86 bits per heavy atom. The molecule has 0 aromatic heterocycles. The van der Waals surface area contributed by atoms with Gasteiger partial charge in [-0.05, 0) is 24.6 Å². The zero-order chi connectivity index (χ0) is 13.7. The number of nitrogens with one attached hydrogen (secondary N) is 3. The minimum atomic E-state index is -1.03. The minimum Gasteiger partial charge on any atom is -0.479 e. The molecule has 0 fully saturated rings. The number of allylic oxidation sites excluding steroid dienone is 1. The summed E-state index contributed by atoms with van der Waals surface area (Å²) in [5, 5.41) is 8.98. The van der Waals surface area contributed by atoms with Crippen LogP contribution in [0.3, 0.4) is 0 Å². The highest BCUT2D eigenvalue weighted by molar-refractivity contribution is 5.85. The van der Waals surface area contributed by atoms with E-state index in [9.17, 15) is 4.79 Å². The van der Waals surface area contributed by atoms with Crippen molar-refractivity contribution >= 4 is 36.5 Å². The van der Waals surface area contributed by atoms with Crippen LogP contribution in [0.5, 0.6) is 0 Å². The van der Waals surface area contributed by atoms with E-state index in [0.717, 1.165) is 11.3 Å². The summed E-state index contributed by atoms with van der Waals surface area (Å²) in [6, 6.07) is 7.66. The molecule has 1 aliphatic heterocycles. The lowest BCUT2D eigenvalue weighted by molar-refractivity contribution is -0.153. The first-order valence-corrected chi connectivity index (χ1v) is 6.07. The van der Waals surface area contributed by atoms with Gasteiger partial charge in [0, 0.05) is 6.54 Å². The fourth-order valence-electron chi connectivity index (χ4n) is 1.88. The van der Waals surface area contributed by atoms with Crippen molar-refractivity contribution in [1.82, 2.24) is 10.9 Å². The fraction of sp³-hybridized carbons (Fsp3) is 0.308. The Morgan fingerprint density at radius 1 is 1.48 bits per heavy atom. The summed E-state index contributed by atoms with van der Waals surface area (Å²) in [7, 11) is 0. The molecular formula is C13H19Cl2N3O3. The first-order valence-electron chi connectivity index (χ1n) is 6.07. The second kappa shape index (κ2) is 9.59. The summed E-state index contributed by atoms with van der Waals surface area (Å²) in [6.07, 6.45) is 2.14. The number of carboxylic acids is 1. The normalized spacial score (nSPS) is 17.9. The topological polar surface area (TPSA) is 82.6 Å². The summed E-state index contributed by atoms with van der Waals surface area (Å²) >= 11 is 0. The number of hydrogen-bond donors (Lipinski definition) is 4. The monoisotopic (exact) mass is 335 g/mol. The summed E-state index contributed by atoms with van der Waals surface area (Å²) in [5.74, 6) is -1.03. The second-order valence-corrected chi connectivity index (χ2v) is 4.17. The zero-order valence-corrected chi connectivity index (χ0v) is 13.0. The summed E-state index contributed by atoms with van der Waals surface area (Å²) in [5.41, 5.74) is 10.9. The van der Waals surface area contributed by atoms with Crippen LogP contribution in [-0.4, -0.2) is 23.7 Å². The number of benzene rings is 1. The minimum absolute atomic E-state index is 0. The molecule has 0 saturated carbocycles. The van der Waals surface area contributed by atoms with Crippen molar-refractivity contribution in [3.05, 3.63) is 42.0 Å². The third-order valence-corrected chi connectivity index (χ3v) is 2.81. The molecule has 0 amide bonds. The molecule has 21 heavy (non-hydrogen) atoms. The molecule has 0 bridgehead atoms. The van der Waals surface area contributed by atoms with E-state index in [1.807, 2.05) is 24.3 Å². The van der Waals surface area contributed by atoms with Crippen LogP contribution >= 0.6 is 24.8 Å². The first kappa shape index (κ1) is 19.7. The number of carboxylic acid groups (broad SMARTS) is 1. The molecule has 2 rings (SSSR count). The Labute approximate surface area is 135 Å². The quantitative estimate of drug-likeness (QED) is 0.487. The smallest absolute Gasteiger partial charge is 0.339 e. The van der Waals surface area contributed by atoms with Gasteiger partial charge in [0.1, 0.15) is 0 Å². The van der Waals surface area contributed by atoms with Gasteiger partial charge in [0.2, 0.25) is 0 Å². The predicted octanol–water partition coefficient (Wildman–Crippen LogP) is 2.05. The molecule has 4 N–H and O–H groups in total. The van der Waals surface area contributed by atoms with Crippen molar-refractivity contribution in [2.24, 2.45) is 0 Å². The maximum absolute atomic E-state index is 11.0. The number of hydrogen-bond acceptors (Lipinski definition) is 5. The number of halogens is 2. The lowest BCUT2D eigenvalue weighted by Crippen LogP contribution is -2.41. The number of carbonyl (C=O) groups is 1. The van der Waals surface area contributed by atoms with E-state index in [0.29, 0.717) is 6.54 Å². The van der Waals surface area contributed by atoms with Gasteiger partial charge in [0.05, 0.1) is 11.7 Å². The van der Waals surface area contributed by atoms with Crippen LogP contribution in [-0.2, 0) is 9.63 Å². The van der Waals surface area contributed by atoms with Gasteiger partial charge >= 0.3 is 5.97 Å². The zero-order valence-electron chi connectivity index (χ0n) is 11.4. The van der Waals surface area contributed by atoms with Crippen LogP contribution in [0.1, 0.15) is 18.5 Å². The third kappa shape index (κ3) is 5.18. The van der Waals surface area contributed by atoms with Gasteiger partial charge in [-0.15, -0.1) is 24.8 Å². The predicted molar refractivity (Wildman–Crippen MR) is 85.8 cm³/mol. The van der Waals surface area contributed by atoms with Crippen LogP contribution in [0, 0.1) is 0 Å². The van der Waals surface area contributed by atoms with E-state index >= 15 is 0 Å². The molecule has 118 valence electrons. The number of para-hydroxylation sites is 1. The van der Waals surface area contributed by atoms with Crippen LogP contribution in [0.2, 0.25) is 0 Å². The summed E-state index contributed by atoms with van der Waals surface area (Å²) < 4.78 is 0. The second-order valence-electron chi connectivity index (χ2n) is 4.17. The molecule has 0 spiro atoms. The van der Waals surface area contributed by atoms with Crippen LogP contribution < -0.4 is 16.3 Å². The van der Waals surface area contributed by atoms with E-state index in [2.05, 4.69) is 16.3 Å². The number of anilines is 1. The average Bonchev–Trinajstić information content (AvgIpc) is 2.43. The molecule has 8 heteroatoms. The van der Waals surface area contributed by atoms with Crippen LogP contribution in [0.25, 0.3) is 0 Å². The maximum Gasteiger partial charge on any atom is 0.339 e. The van der Waals surface area contributed by atoms with Crippen molar-refractivity contribution in [3.8, 4) is 0 Å². The molecule has 0 aliphatic carbocycles.